The molecule has 2 aromatic heterocycles. The number of nitrogens with one attached hydrogen (secondary N) is 1. The molecule has 3 heterocycles. The quantitative estimate of drug-likeness (QED) is 0.753. The molecule has 3 aromatic rings. The van der Waals surface area contributed by atoms with E-state index < -0.39 is 0 Å². The smallest absolute Gasteiger partial charge is 0.164 e. The topological polar surface area (TPSA) is 81.7 Å². The lowest BCUT2D eigenvalue weighted by Gasteiger charge is -2.23. The van der Waals surface area contributed by atoms with Gasteiger partial charge in [0.1, 0.15) is 17.8 Å². The van der Waals surface area contributed by atoms with Crippen molar-refractivity contribution >= 4 is 16.9 Å². The molecule has 0 atom stereocenters. The minimum Gasteiger partial charge on any atom is -0.383 e. The van der Waals surface area contributed by atoms with Gasteiger partial charge in [-0.25, -0.2) is 14.6 Å². The van der Waals surface area contributed by atoms with Crippen molar-refractivity contribution in [2.75, 3.05) is 18.8 Å². The summed E-state index contributed by atoms with van der Waals surface area (Å²) >= 11 is 0. The molecule has 1 aliphatic rings. The van der Waals surface area contributed by atoms with Gasteiger partial charge in [-0.3, -0.25) is 0 Å². The molecule has 0 aliphatic carbocycles. The maximum atomic E-state index is 6.11. The van der Waals surface area contributed by atoms with Crippen molar-refractivity contribution in [3.63, 3.8) is 0 Å². The number of rotatable bonds is 2. The lowest BCUT2D eigenvalue weighted by Crippen LogP contribution is -2.30. The summed E-state index contributed by atoms with van der Waals surface area (Å²) in [5.41, 5.74) is 8.79. The van der Waals surface area contributed by atoms with Crippen LogP contribution in [-0.4, -0.2) is 32.8 Å². The van der Waals surface area contributed by atoms with Crippen molar-refractivity contribution in [1.29, 1.82) is 0 Å². The van der Waals surface area contributed by atoms with E-state index in [1.165, 1.54) is 6.33 Å². The Bertz CT molecular complexity index is 789. The second-order valence-electron chi connectivity index (χ2n) is 5.52. The van der Waals surface area contributed by atoms with Gasteiger partial charge in [0.15, 0.2) is 5.65 Å². The summed E-state index contributed by atoms with van der Waals surface area (Å²) in [5, 5.41) is 9.06. The summed E-state index contributed by atoms with van der Waals surface area (Å²) in [4.78, 5) is 8.59. The van der Waals surface area contributed by atoms with Gasteiger partial charge in [-0.1, -0.05) is 24.3 Å². The number of nitrogens with two attached hydrogens (primary N) is 1. The second-order valence-corrected chi connectivity index (χ2v) is 5.52. The predicted molar refractivity (Wildman–Crippen MR) is 85.1 cm³/mol. The lowest BCUT2D eigenvalue weighted by molar-refractivity contribution is 0.350. The fourth-order valence-corrected chi connectivity index (χ4v) is 3.05. The highest BCUT2D eigenvalue weighted by Crippen LogP contribution is 2.33. The summed E-state index contributed by atoms with van der Waals surface area (Å²) in [6, 6.07) is 11.1. The third-order valence-corrected chi connectivity index (χ3v) is 4.16. The van der Waals surface area contributed by atoms with E-state index in [-0.39, 0.29) is 0 Å². The maximum absolute atomic E-state index is 6.11. The van der Waals surface area contributed by atoms with Gasteiger partial charge in [0.05, 0.1) is 11.4 Å². The molecule has 1 aliphatic heterocycles. The van der Waals surface area contributed by atoms with Crippen LogP contribution in [0.3, 0.4) is 0 Å². The Kier molecular flexibility index (Phi) is 3.23. The zero-order valence-electron chi connectivity index (χ0n) is 12.2. The lowest BCUT2D eigenvalue weighted by atomic mass is 10.1. The zero-order chi connectivity index (χ0) is 14.9. The van der Waals surface area contributed by atoms with E-state index in [4.69, 9.17) is 10.8 Å². The van der Waals surface area contributed by atoms with Gasteiger partial charge in [-0.15, -0.1) is 0 Å². The molecular weight excluding hydrogens is 276 g/mol. The van der Waals surface area contributed by atoms with Crippen LogP contribution in [0.1, 0.15) is 18.9 Å². The molecule has 4 rings (SSSR count). The second kappa shape index (κ2) is 5.38. The number of hydrogen-bond acceptors (Lipinski definition) is 5. The van der Waals surface area contributed by atoms with E-state index >= 15 is 0 Å². The fourth-order valence-electron chi connectivity index (χ4n) is 3.05. The van der Waals surface area contributed by atoms with Gasteiger partial charge < -0.3 is 11.1 Å². The highest BCUT2D eigenvalue weighted by atomic mass is 15.3. The highest BCUT2D eigenvalue weighted by Gasteiger charge is 2.23. The van der Waals surface area contributed by atoms with Crippen LogP contribution in [0.5, 0.6) is 0 Å². The molecule has 1 fully saturated rings. The average molecular weight is 293 g/mol. The van der Waals surface area contributed by atoms with E-state index in [1.807, 2.05) is 28.9 Å². The minimum absolute atomic E-state index is 0.349. The van der Waals surface area contributed by atoms with Crippen LogP contribution < -0.4 is 11.1 Å². The molecule has 22 heavy (non-hydrogen) atoms. The summed E-state index contributed by atoms with van der Waals surface area (Å²) in [7, 11) is 0. The van der Waals surface area contributed by atoms with Crippen LogP contribution in [0.25, 0.3) is 22.3 Å². The highest BCUT2D eigenvalue weighted by molar-refractivity contribution is 5.98. The minimum atomic E-state index is 0.349. The Labute approximate surface area is 128 Å². The van der Waals surface area contributed by atoms with E-state index in [0.29, 0.717) is 11.9 Å². The molecule has 111 valence electrons. The summed E-state index contributed by atoms with van der Waals surface area (Å²) < 4.78 is 2.03. The van der Waals surface area contributed by atoms with Crippen molar-refractivity contribution in [1.82, 2.24) is 25.1 Å². The van der Waals surface area contributed by atoms with Crippen molar-refractivity contribution in [3.05, 3.63) is 36.7 Å². The van der Waals surface area contributed by atoms with E-state index in [1.54, 1.807) is 0 Å². The monoisotopic (exact) mass is 293 g/mol. The molecule has 0 saturated carbocycles. The molecule has 0 spiro atoms. The third-order valence-electron chi connectivity index (χ3n) is 4.16. The third kappa shape index (κ3) is 2.12. The van der Waals surface area contributed by atoms with Gasteiger partial charge in [-0.05, 0) is 32.0 Å². The Morgan fingerprint density at radius 1 is 1.18 bits per heavy atom. The van der Waals surface area contributed by atoms with Crippen LogP contribution >= 0.6 is 0 Å². The first-order valence-corrected chi connectivity index (χ1v) is 7.50. The SMILES string of the molecule is Nc1ncnc2c1c(-c1cc[c]cc1)nn2C1CCNCC1. The van der Waals surface area contributed by atoms with Crippen LogP contribution in [0.2, 0.25) is 0 Å². The maximum Gasteiger partial charge on any atom is 0.164 e. The Morgan fingerprint density at radius 2 is 1.95 bits per heavy atom. The molecule has 3 N–H and O–H groups in total. The molecule has 1 aromatic carbocycles. The standard InChI is InChI=1S/C16H17N6/c17-15-13-14(11-4-2-1-3-5-11)21-22(16(13)20-10-19-15)12-6-8-18-9-7-12/h2-5,10,12,18H,6-9H2,(H2,17,19,20). The number of fused-ring (bicyclic) bond motifs is 1. The number of hydrogen-bond donors (Lipinski definition) is 2. The number of piperidine rings is 1. The average Bonchev–Trinajstić information content (AvgIpc) is 2.98. The normalized spacial score (nSPS) is 16.2. The van der Waals surface area contributed by atoms with Crippen molar-refractivity contribution in [2.45, 2.75) is 18.9 Å². The largest absolute Gasteiger partial charge is 0.383 e. The van der Waals surface area contributed by atoms with Crippen molar-refractivity contribution in [2.24, 2.45) is 0 Å². The molecular formula is C16H17N6. The molecule has 0 amide bonds. The van der Waals surface area contributed by atoms with Gasteiger partial charge in [-0.2, -0.15) is 5.10 Å². The van der Waals surface area contributed by atoms with Gasteiger partial charge in [0.25, 0.3) is 0 Å². The van der Waals surface area contributed by atoms with E-state index in [0.717, 1.165) is 48.2 Å². The number of anilines is 1. The van der Waals surface area contributed by atoms with Crippen molar-refractivity contribution in [3.8, 4) is 11.3 Å². The first kappa shape index (κ1) is 13.2. The van der Waals surface area contributed by atoms with Crippen LogP contribution in [0.15, 0.2) is 30.6 Å². The zero-order valence-corrected chi connectivity index (χ0v) is 12.2. The van der Waals surface area contributed by atoms with Crippen molar-refractivity contribution < 1.29 is 0 Å². The Balaban J connectivity index is 1.93. The van der Waals surface area contributed by atoms with Gasteiger partial charge >= 0.3 is 0 Å². The van der Waals surface area contributed by atoms with Crippen LogP contribution in [0.4, 0.5) is 5.82 Å². The Morgan fingerprint density at radius 3 is 2.73 bits per heavy atom. The molecule has 1 radical (unpaired) electrons. The van der Waals surface area contributed by atoms with E-state index in [9.17, 15) is 0 Å². The first-order chi connectivity index (χ1) is 10.8. The molecule has 0 bridgehead atoms. The predicted octanol–water partition coefficient (Wildman–Crippen LogP) is 1.80. The molecule has 6 nitrogen and oxygen atoms in total. The van der Waals surface area contributed by atoms with Gasteiger partial charge in [0.2, 0.25) is 0 Å². The van der Waals surface area contributed by atoms with Crippen LogP contribution in [-0.2, 0) is 0 Å². The molecule has 6 heteroatoms. The molecule has 0 unspecified atom stereocenters. The number of aromatic nitrogens is 4. The summed E-state index contributed by atoms with van der Waals surface area (Å²) in [6.45, 7) is 2.00. The number of nitrogen functional groups attached to an aromatic ring is 1. The first-order valence-electron chi connectivity index (χ1n) is 7.50. The van der Waals surface area contributed by atoms with E-state index in [2.05, 4.69) is 21.4 Å². The summed E-state index contributed by atoms with van der Waals surface area (Å²) in [6.07, 6.45) is 3.60. The Hall–Kier alpha value is -2.47. The van der Waals surface area contributed by atoms with Gasteiger partial charge in [0, 0.05) is 5.56 Å². The fraction of sp³-hybridized carbons (Fsp3) is 0.312. The summed E-state index contributed by atoms with van der Waals surface area (Å²) in [5.74, 6) is 0.480. The van der Waals surface area contributed by atoms with Crippen LogP contribution in [0, 0.1) is 6.07 Å². The number of nitrogens with zero attached hydrogens (tertiary/aromatic N) is 4. The number of benzene rings is 1. The molecule has 1 saturated heterocycles.